The van der Waals surface area contributed by atoms with Crippen molar-refractivity contribution in [3.05, 3.63) is 33.3 Å². The van der Waals surface area contributed by atoms with E-state index in [2.05, 4.69) is 6.92 Å². The summed E-state index contributed by atoms with van der Waals surface area (Å²) in [6, 6.07) is 4.01. The monoisotopic (exact) mass is 355 g/mol. The summed E-state index contributed by atoms with van der Waals surface area (Å²) < 4.78 is 5.09. The highest BCUT2D eigenvalue weighted by atomic mass is 35.5. The zero-order chi connectivity index (χ0) is 17.8. The molecule has 0 bridgehead atoms. The molecule has 0 aliphatic rings. The van der Waals surface area contributed by atoms with Gasteiger partial charge in [0.05, 0.1) is 4.92 Å². The summed E-state index contributed by atoms with van der Waals surface area (Å²) >= 11 is 5.72. The molecule has 0 saturated heterocycles. The summed E-state index contributed by atoms with van der Waals surface area (Å²) in [6.07, 6.45) is 10.7. The lowest BCUT2D eigenvalue weighted by Crippen LogP contribution is -2.09. The molecule has 6 heteroatoms. The molecule has 0 amide bonds. The summed E-state index contributed by atoms with van der Waals surface area (Å²) in [6.45, 7) is 2.21. The fraction of sp³-hybridized carbons (Fsp3) is 0.611. The Morgan fingerprint density at radius 3 is 2.25 bits per heavy atom. The zero-order valence-corrected chi connectivity index (χ0v) is 15.0. The SMILES string of the molecule is CCCCCCCCCCCC(=O)Oc1ccc(Cl)cc1[N+](=O)[O-]. The molecule has 0 atom stereocenters. The molecule has 0 radical (unpaired) electrons. The first-order valence-corrected chi connectivity index (χ1v) is 9.07. The van der Waals surface area contributed by atoms with Gasteiger partial charge in [0.25, 0.3) is 0 Å². The highest BCUT2D eigenvalue weighted by Crippen LogP contribution is 2.30. The second-order valence-electron chi connectivity index (χ2n) is 5.92. The molecule has 0 heterocycles. The number of nitrogens with zero attached hydrogens (tertiary/aromatic N) is 1. The van der Waals surface area contributed by atoms with Gasteiger partial charge in [0, 0.05) is 17.5 Å². The second kappa shape index (κ2) is 11.8. The van der Waals surface area contributed by atoms with Crippen LogP contribution < -0.4 is 4.74 Å². The van der Waals surface area contributed by atoms with Gasteiger partial charge in [0.1, 0.15) is 0 Å². The number of carbonyl (C=O) groups is 1. The number of esters is 1. The van der Waals surface area contributed by atoms with Gasteiger partial charge in [-0.1, -0.05) is 69.9 Å². The number of rotatable bonds is 12. The number of unbranched alkanes of at least 4 members (excludes halogenated alkanes) is 8. The van der Waals surface area contributed by atoms with E-state index in [1.807, 2.05) is 0 Å². The van der Waals surface area contributed by atoms with Crippen molar-refractivity contribution in [2.75, 3.05) is 0 Å². The van der Waals surface area contributed by atoms with Crippen LogP contribution in [0, 0.1) is 10.1 Å². The highest BCUT2D eigenvalue weighted by Gasteiger charge is 2.18. The van der Waals surface area contributed by atoms with E-state index in [0.717, 1.165) is 19.3 Å². The van der Waals surface area contributed by atoms with Gasteiger partial charge < -0.3 is 4.74 Å². The van der Waals surface area contributed by atoms with Crippen LogP contribution in [0.2, 0.25) is 5.02 Å². The van der Waals surface area contributed by atoms with Gasteiger partial charge in [-0.05, 0) is 18.6 Å². The quantitative estimate of drug-likeness (QED) is 0.150. The predicted octanol–water partition coefficient (Wildman–Crippen LogP) is 6.07. The van der Waals surface area contributed by atoms with E-state index in [1.54, 1.807) is 0 Å². The molecule has 5 nitrogen and oxygen atoms in total. The molecule has 0 aliphatic carbocycles. The number of ether oxygens (including phenoxy) is 1. The van der Waals surface area contributed by atoms with Crippen LogP contribution in [0.3, 0.4) is 0 Å². The maximum Gasteiger partial charge on any atom is 0.313 e. The summed E-state index contributed by atoms with van der Waals surface area (Å²) in [5, 5.41) is 11.2. The van der Waals surface area contributed by atoms with Gasteiger partial charge in [0.15, 0.2) is 0 Å². The zero-order valence-electron chi connectivity index (χ0n) is 14.3. The lowest BCUT2D eigenvalue weighted by Gasteiger charge is -2.05. The smallest absolute Gasteiger partial charge is 0.313 e. The molecule has 0 N–H and O–H groups in total. The van der Waals surface area contributed by atoms with E-state index in [4.69, 9.17) is 16.3 Å². The van der Waals surface area contributed by atoms with Crippen LogP contribution >= 0.6 is 11.6 Å². The first-order valence-electron chi connectivity index (χ1n) is 8.69. The first kappa shape index (κ1) is 20.4. The largest absolute Gasteiger partial charge is 0.419 e. The van der Waals surface area contributed by atoms with Crippen molar-refractivity contribution in [3.8, 4) is 5.75 Å². The molecule has 0 aromatic heterocycles. The highest BCUT2D eigenvalue weighted by molar-refractivity contribution is 6.30. The third-order valence-electron chi connectivity index (χ3n) is 3.83. The van der Waals surface area contributed by atoms with Crippen molar-refractivity contribution in [2.45, 2.75) is 71.1 Å². The van der Waals surface area contributed by atoms with Crippen molar-refractivity contribution < 1.29 is 14.5 Å². The molecule has 0 saturated carbocycles. The number of benzene rings is 1. The maximum absolute atomic E-state index is 11.8. The molecule has 24 heavy (non-hydrogen) atoms. The van der Waals surface area contributed by atoms with Gasteiger partial charge in [0.2, 0.25) is 5.75 Å². The summed E-state index contributed by atoms with van der Waals surface area (Å²) in [7, 11) is 0. The van der Waals surface area contributed by atoms with E-state index >= 15 is 0 Å². The van der Waals surface area contributed by atoms with E-state index < -0.39 is 10.9 Å². The summed E-state index contributed by atoms with van der Waals surface area (Å²) in [4.78, 5) is 22.1. The van der Waals surface area contributed by atoms with Crippen molar-refractivity contribution in [1.29, 1.82) is 0 Å². The fourth-order valence-electron chi connectivity index (χ4n) is 2.47. The van der Waals surface area contributed by atoms with Crippen LogP contribution in [-0.2, 0) is 4.79 Å². The topological polar surface area (TPSA) is 69.4 Å². The van der Waals surface area contributed by atoms with E-state index in [1.165, 1.54) is 56.7 Å². The Bertz CT molecular complexity index is 534. The van der Waals surface area contributed by atoms with Crippen LogP contribution in [0.1, 0.15) is 71.1 Å². The lowest BCUT2D eigenvalue weighted by atomic mass is 10.1. The van der Waals surface area contributed by atoms with Crippen molar-refractivity contribution in [1.82, 2.24) is 0 Å². The van der Waals surface area contributed by atoms with Crippen molar-refractivity contribution >= 4 is 23.3 Å². The van der Waals surface area contributed by atoms with Crippen molar-refractivity contribution in [3.63, 3.8) is 0 Å². The third-order valence-corrected chi connectivity index (χ3v) is 4.06. The van der Waals surface area contributed by atoms with Crippen LogP contribution in [0.15, 0.2) is 18.2 Å². The van der Waals surface area contributed by atoms with Crippen LogP contribution in [0.4, 0.5) is 5.69 Å². The summed E-state index contributed by atoms with van der Waals surface area (Å²) in [5.41, 5.74) is -0.289. The molecular weight excluding hydrogens is 330 g/mol. The number of carbonyl (C=O) groups excluding carboxylic acids is 1. The van der Waals surface area contributed by atoms with E-state index in [9.17, 15) is 14.9 Å². The van der Waals surface area contributed by atoms with Gasteiger partial charge in [-0.25, -0.2) is 0 Å². The number of nitro benzene ring substituents is 1. The van der Waals surface area contributed by atoms with Crippen LogP contribution in [0.25, 0.3) is 0 Å². The Labute approximate surface area is 148 Å². The molecule has 0 unspecified atom stereocenters. The Morgan fingerprint density at radius 1 is 1.08 bits per heavy atom. The summed E-state index contributed by atoms with van der Waals surface area (Å²) in [5.74, 6) is -0.492. The molecule has 1 aromatic carbocycles. The lowest BCUT2D eigenvalue weighted by molar-refractivity contribution is -0.385. The number of hydrogen-bond acceptors (Lipinski definition) is 4. The van der Waals surface area contributed by atoms with Crippen LogP contribution in [0.5, 0.6) is 5.75 Å². The van der Waals surface area contributed by atoms with Gasteiger partial charge in [-0.2, -0.15) is 0 Å². The minimum atomic E-state index is -0.604. The fourth-order valence-corrected chi connectivity index (χ4v) is 2.64. The minimum Gasteiger partial charge on any atom is -0.419 e. The Hall–Kier alpha value is -1.62. The molecule has 0 fully saturated rings. The molecule has 0 aliphatic heterocycles. The molecule has 1 rings (SSSR count). The average molecular weight is 356 g/mol. The number of nitro groups is 1. The Kier molecular flexibility index (Phi) is 10.1. The number of hydrogen-bond donors (Lipinski definition) is 0. The predicted molar refractivity (Wildman–Crippen MR) is 95.6 cm³/mol. The first-order chi connectivity index (χ1) is 11.5. The van der Waals surface area contributed by atoms with Crippen LogP contribution in [-0.4, -0.2) is 10.9 Å². The standard InChI is InChI=1S/C18H26ClNO4/c1-2-3-4-5-6-7-8-9-10-11-18(21)24-17-13-12-15(19)14-16(17)20(22)23/h12-14H,2-11H2,1H3. The molecule has 134 valence electrons. The normalized spacial score (nSPS) is 10.6. The van der Waals surface area contributed by atoms with Gasteiger partial charge in [-0.15, -0.1) is 0 Å². The van der Waals surface area contributed by atoms with Crippen molar-refractivity contribution in [2.24, 2.45) is 0 Å². The second-order valence-corrected chi connectivity index (χ2v) is 6.36. The molecule has 0 spiro atoms. The van der Waals surface area contributed by atoms with E-state index in [0.29, 0.717) is 0 Å². The third kappa shape index (κ3) is 8.29. The molecular formula is C18H26ClNO4. The Balaban J connectivity index is 2.22. The van der Waals surface area contributed by atoms with Gasteiger partial charge >= 0.3 is 11.7 Å². The van der Waals surface area contributed by atoms with E-state index in [-0.39, 0.29) is 22.9 Å². The minimum absolute atomic E-state index is 0.0506. The number of halogens is 1. The maximum atomic E-state index is 11.8. The Morgan fingerprint density at radius 2 is 1.67 bits per heavy atom. The molecule has 1 aromatic rings. The average Bonchev–Trinajstić information content (AvgIpc) is 2.54. The van der Waals surface area contributed by atoms with Gasteiger partial charge in [-0.3, -0.25) is 14.9 Å².